The number of ether oxygens (including phenoxy) is 2. The minimum absolute atomic E-state index is 0.0684. The molecule has 174 valence electrons. The molecule has 2 aromatic heterocycles. The van der Waals surface area contributed by atoms with Crippen LogP contribution in [0.2, 0.25) is 0 Å². The zero-order valence-electron chi connectivity index (χ0n) is 18.4. The molecule has 4 heterocycles. The van der Waals surface area contributed by atoms with Crippen molar-refractivity contribution in [1.29, 1.82) is 5.26 Å². The molecule has 2 aliphatic rings. The van der Waals surface area contributed by atoms with Crippen molar-refractivity contribution in [2.75, 3.05) is 38.3 Å². The molecular formula is C23H25F2N5O3. The van der Waals surface area contributed by atoms with Crippen molar-refractivity contribution in [3.8, 4) is 11.9 Å². The van der Waals surface area contributed by atoms with E-state index in [0.29, 0.717) is 24.6 Å². The molecular weight excluding hydrogens is 432 g/mol. The maximum atomic E-state index is 14.5. The van der Waals surface area contributed by atoms with Crippen molar-refractivity contribution in [3.63, 3.8) is 0 Å². The number of carbonyl (C=O) groups excluding carboxylic acids is 1. The molecule has 8 nitrogen and oxygen atoms in total. The summed E-state index contributed by atoms with van der Waals surface area (Å²) in [6, 6.07) is 8.12. The van der Waals surface area contributed by atoms with Crippen LogP contribution in [0.5, 0.6) is 5.88 Å². The number of hydrogen-bond donors (Lipinski definition) is 0. The highest BCUT2D eigenvalue weighted by Crippen LogP contribution is 2.37. The number of amides is 1. The quantitative estimate of drug-likeness (QED) is 0.631. The van der Waals surface area contributed by atoms with Crippen molar-refractivity contribution in [2.45, 2.75) is 31.4 Å². The Kier molecular flexibility index (Phi) is 6.42. The zero-order valence-corrected chi connectivity index (χ0v) is 18.4. The highest BCUT2D eigenvalue weighted by atomic mass is 19.3. The summed E-state index contributed by atoms with van der Waals surface area (Å²) in [5.41, 5.74) is 0.212. The Bertz CT molecular complexity index is 1040. The van der Waals surface area contributed by atoms with Crippen LogP contribution in [-0.2, 0) is 15.5 Å². The van der Waals surface area contributed by atoms with Gasteiger partial charge < -0.3 is 19.3 Å². The number of nitriles is 1. The Balaban J connectivity index is 1.35. The minimum Gasteiger partial charge on any atom is -0.481 e. The predicted octanol–water partition coefficient (Wildman–Crippen LogP) is 2.59. The first-order valence-corrected chi connectivity index (χ1v) is 10.7. The van der Waals surface area contributed by atoms with Gasteiger partial charge in [0.25, 0.3) is 5.92 Å². The van der Waals surface area contributed by atoms with Crippen LogP contribution in [0.25, 0.3) is 0 Å². The van der Waals surface area contributed by atoms with E-state index in [1.807, 2.05) is 6.07 Å². The molecule has 2 fully saturated rings. The van der Waals surface area contributed by atoms with Crippen LogP contribution in [-0.4, -0.2) is 66.3 Å². The van der Waals surface area contributed by atoms with Crippen LogP contribution in [0.4, 0.5) is 14.6 Å². The average molecular weight is 457 g/mol. The molecule has 33 heavy (non-hydrogen) atoms. The minimum atomic E-state index is -3.27. The van der Waals surface area contributed by atoms with Gasteiger partial charge in [-0.1, -0.05) is 6.92 Å². The maximum Gasteiger partial charge on any atom is 0.296 e. The smallest absolute Gasteiger partial charge is 0.296 e. The molecule has 1 amide bonds. The van der Waals surface area contributed by atoms with E-state index >= 15 is 0 Å². The number of aromatic nitrogens is 2. The molecule has 0 aromatic carbocycles. The summed E-state index contributed by atoms with van der Waals surface area (Å²) < 4.78 is 39.0. The molecule has 2 aromatic rings. The Labute approximate surface area is 190 Å². The van der Waals surface area contributed by atoms with Gasteiger partial charge in [0, 0.05) is 43.2 Å². The lowest BCUT2D eigenvalue weighted by Gasteiger charge is -2.42. The standard InChI is InChI=1S/C23H25F2N5O3/c1-15-7-18-11-29(12-19(15)30(18)20-4-3-16(9-26)10-28-20)22(31)13-33-14-23(24,25)17-5-6-27-21(8-17)32-2/h3-6,8,10,15,18-19H,7,11-14H2,1-2H3/t15-,18?,19?/m1/s1. The van der Waals surface area contributed by atoms with Crippen LogP contribution in [0, 0.1) is 17.2 Å². The fourth-order valence-corrected chi connectivity index (χ4v) is 4.59. The van der Waals surface area contributed by atoms with E-state index in [1.165, 1.54) is 19.4 Å². The normalized spacial score (nSPS) is 22.2. The molecule has 2 bridgehead atoms. The van der Waals surface area contributed by atoms with Gasteiger partial charge in [-0.05, 0) is 30.5 Å². The number of fused-ring (bicyclic) bond motifs is 2. The molecule has 4 rings (SSSR count). The van der Waals surface area contributed by atoms with Crippen molar-refractivity contribution < 1.29 is 23.0 Å². The van der Waals surface area contributed by atoms with Crippen LogP contribution >= 0.6 is 0 Å². The second-order valence-electron chi connectivity index (χ2n) is 8.44. The number of anilines is 1. The number of methoxy groups -OCH3 is 1. The average Bonchev–Trinajstić information content (AvgIpc) is 3.02. The van der Waals surface area contributed by atoms with E-state index in [9.17, 15) is 13.6 Å². The molecule has 0 radical (unpaired) electrons. The summed E-state index contributed by atoms with van der Waals surface area (Å²) in [6.07, 6.45) is 3.69. The van der Waals surface area contributed by atoms with Crippen molar-refractivity contribution >= 4 is 11.7 Å². The topological polar surface area (TPSA) is 91.6 Å². The lowest BCUT2D eigenvalue weighted by molar-refractivity contribution is -0.142. The zero-order chi connectivity index (χ0) is 23.6. The van der Waals surface area contributed by atoms with Crippen molar-refractivity contribution in [2.24, 2.45) is 5.92 Å². The lowest BCUT2D eigenvalue weighted by Crippen LogP contribution is -2.57. The number of alkyl halides is 2. The molecule has 0 aliphatic carbocycles. The summed E-state index contributed by atoms with van der Waals surface area (Å²) in [4.78, 5) is 24.9. The van der Waals surface area contributed by atoms with Crippen molar-refractivity contribution in [1.82, 2.24) is 14.9 Å². The van der Waals surface area contributed by atoms with Gasteiger partial charge in [0.2, 0.25) is 11.8 Å². The highest BCUT2D eigenvalue weighted by Gasteiger charge is 2.46. The Morgan fingerprint density at radius 2 is 2.12 bits per heavy atom. The van der Waals surface area contributed by atoms with Gasteiger partial charge in [-0.2, -0.15) is 14.0 Å². The van der Waals surface area contributed by atoms with E-state index in [2.05, 4.69) is 27.9 Å². The Hall–Kier alpha value is -3.32. The molecule has 3 atom stereocenters. The number of halogens is 2. The number of nitrogens with zero attached hydrogens (tertiary/aromatic N) is 5. The van der Waals surface area contributed by atoms with Crippen molar-refractivity contribution in [3.05, 3.63) is 47.8 Å². The Morgan fingerprint density at radius 1 is 1.30 bits per heavy atom. The van der Waals surface area contributed by atoms with Gasteiger partial charge in [0.15, 0.2) is 0 Å². The summed E-state index contributed by atoms with van der Waals surface area (Å²) in [5.74, 6) is -2.37. The van der Waals surface area contributed by atoms with Crippen LogP contribution in [0.1, 0.15) is 24.5 Å². The largest absolute Gasteiger partial charge is 0.481 e. The number of piperazine rings is 1. The monoisotopic (exact) mass is 457 g/mol. The molecule has 0 N–H and O–H groups in total. The number of pyridine rings is 2. The first-order valence-electron chi connectivity index (χ1n) is 10.7. The molecule has 0 saturated carbocycles. The third-order valence-electron chi connectivity index (χ3n) is 6.26. The van der Waals surface area contributed by atoms with Gasteiger partial charge in [-0.25, -0.2) is 9.97 Å². The van der Waals surface area contributed by atoms with Gasteiger partial charge in [0.05, 0.1) is 18.7 Å². The first kappa shape index (κ1) is 22.9. The number of carbonyl (C=O) groups is 1. The molecule has 0 spiro atoms. The second kappa shape index (κ2) is 9.27. The molecule has 2 saturated heterocycles. The number of rotatable bonds is 7. The van der Waals surface area contributed by atoms with Crippen LogP contribution < -0.4 is 9.64 Å². The fraction of sp³-hybridized carbons (Fsp3) is 0.478. The summed E-state index contributed by atoms with van der Waals surface area (Å²) in [6.45, 7) is 1.75. The van der Waals surface area contributed by atoms with E-state index in [0.717, 1.165) is 18.3 Å². The van der Waals surface area contributed by atoms with E-state index < -0.39 is 19.1 Å². The van der Waals surface area contributed by atoms with Crippen LogP contribution in [0.3, 0.4) is 0 Å². The third-order valence-corrected chi connectivity index (χ3v) is 6.26. The van der Waals surface area contributed by atoms with E-state index in [4.69, 9.17) is 14.7 Å². The van der Waals surface area contributed by atoms with Gasteiger partial charge in [0.1, 0.15) is 25.1 Å². The maximum absolute atomic E-state index is 14.5. The lowest BCUT2D eigenvalue weighted by atomic mass is 10.0. The second-order valence-corrected chi connectivity index (χ2v) is 8.44. The van der Waals surface area contributed by atoms with Gasteiger partial charge in [-0.3, -0.25) is 4.79 Å². The predicted molar refractivity (Wildman–Crippen MR) is 115 cm³/mol. The van der Waals surface area contributed by atoms with E-state index in [-0.39, 0.29) is 29.4 Å². The summed E-state index contributed by atoms with van der Waals surface area (Å²) in [7, 11) is 1.35. The molecule has 2 unspecified atom stereocenters. The first-order chi connectivity index (χ1) is 15.8. The van der Waals surface area contributed by atoms with Gasteiger partial charge >= 0.3 is 0 Å². The number of hydrogen-bond acceptors (Lipinski definition) is 7. The molecule has 2 aliphatic heterocycles. The SMILES string of the molecule is COc1cc(C(F)(F)COCC(=O)N2CC3C[C@@H](C)C(C2)N3c2ccc(C#N)cn2)ccn1. The van der Waals surface area contributed by atoms with Crippen LogP contribution in [0.15, 0.2) is 36.7 Å². The highest BCUT2D eigenvalue weighted by molar-refractivity contribution is 5.78. The fourth-order valence-electron chi connectivity index (χ4n) is 4.59. The summed E-state index contributed by atoms with van der Waals surface area (Å²) >= 11 is 0. The Morgan fingerprint density at radius 3 is 2.79 bits per heavy atom. The molecule has 10 heteroatoms. The van der Waals surface area contributed by atoms with E-state index in [1.54, 1.807) is 17.2 Å². The third kappa shape index (κ3) is 4.73. The summed E-state index contributed by atoms with van der Waals surface area (Å²) in [5, 5.41) is 8.99. The van der Waals surface area contributed by atoms with Gasteiger partial charge in [-0.15, -0.1) is 0 Å². The number of likely N-dealkylation sites (tertiary alicyclic amines) is 1.